The van der Waals surface area contributed by atoms with Gasteiger partial charge in [0.05, 0.1) is 10.0 Å². The monoisotopic (exact) mass is 301 g/mol. The van der Waals surface area contributed by atoms with Crippen LogP contribution in [0.4, 0.5) is 11.6 Å². The van der Waals surface area contributed by atoms with Gasteiger partial charge in [-0.15, -0.1) is 0 Å². The number of nitrogens with zero attached hydrogens (tertiary/aromatic N) is 3. The summed E-state index contributed by atoms with van der Waals surface area (Å²) in [5.41, 5.74) is 0. The summed E-state index contributed by atoms with van der Waals surface area (Å²) in [5.74, 6) is 2.33. The van der Waals surface area contributed by atoms with E-state index < -0.39 is 0 Å². The van der Waals surface area contributed by atoms with Gasteiger partial charge in [0.2, 0.25) is 5.89 Å². The molecule has 0 radical (unpaired) electrons. The highest BCUT2D eigenvalue weighted by molar-refractivity contribution is 6.37. The van der Waals surface area contributed by atoms with E-state index in [0.29, 0.717) is 46.4 Å². The van der Waals surface area contributed by atoms with Gasteiger partial charge in [0.1, 0.15) is 11.6 Å². The molecule has 0 saturated heterocycles. The van der Waals surface area contributed by atoms with Gasteiger partial charge >= 0.3 is 0 Å². The SMILES string of the molecule is CNc1nc(NCCc2noc(C)n2)c(Cl)cc1Cl. The van der Waals surface area contributed by atoms with Crippen LogP contribution < -0.4 is 10.6 Å². The number of halogens is 2. The Hall–Kier alpha value is -1.53. The van der Waals surface area contributed by atoms with Crippen molar-refractivity contribution in [3.05, 3.63) is 27.8 Å². The number of rotatable bonds is 5. The van der Waals surface area contributed by atoms with Crippen LogP contribution in [0.2, 0.25) is 10.0 Å². The van der Waals surface area contributed by atoms with Crippen molar-refractivity contribution in [2.45, 2.75) is 13.3 Å². The highest BCUT2D eigenvalue weighted by atomic mass is 35.5. The first-order valence-electron chi connectivity index (χ1n) is 5.67. The maximum Gasteiger partial charge on any atom is 0.223 e. The summed E-state index contributed by atoms with van der Waals surface area (Å²) in [6.45, 7) is 2.34. The number of aryl methyl sites for hydroxylation is 1. The Bertz CT molecular complexity index is 572. The summed E-state index contributed by atoms with van der Waals surface area (Å²) in [7, 11) is 1.74. The number of hydrogen-bond acceptors (Lipinski definition) is 6. The van der Waals surface area contributed by atoms with Crippen LogP contribution in [0.15, 0.2) is 10.6 Å². The van der Waals surface area contributed by atoms with E-state index in [2.05, 4.69) is 25.8 Å². The third-order valence-corrected chi connectivity index (χ3v) is 2.95. The van der Waals surface area contributed by atoms with E-state index in [4.69, 9.17) is 27.7 Å². The average molecular weight is 302 g/mol. The Kier molecular flexibility index (Phi) is 4.44. The quantitative estimate of drug-likeness (QED) is 0.884. The van der Waals surface area contributed by atoms with E-state index in [1.54, 1.807) is 20.0 Å². The molecule has 2 aromatic heterocycles. The van der Waals surface area contributed by atoms with Crippen molar-refractivity contribution >= 4 is 34.8 Å². The topological polar surface area (TPSA) is 75.9 Å². The summed E-state index contributed by atoms with van der Waals surface area (Å²) in [6.07, 6.45) is 0.618. The molecule has 0 aliphatic heterocycles. The summed E-state index contributed by atoms with van der Waals surface area (Å²) in [6, 6.07) is 1.64. The van der Waals surface area contributed by atoms with Crippen molar-refractivity contribution in [2.24, 2.45) is 0 Å². The number of aromatic nitrogens is 3. The number of anilines is 2. The third-order valence-electron chi connectivity index (χ3n) is 2.38. The van der Waals surface area contributed by atoms with Gasteiger partial charge in [-0.25, -0.2) is 4.98 Å². The molecule has 0 aromatic carbocycles. The van der Waals surface area contributed by atoms with Crippen LogP contribution in [0.3, 0.4) is 0 Å². The van der Waals surface area contributed by atoms with Crippen LogP contribution in [0.25, 0.3) is 0 Å². The van der Waals surface area contributed by atoms with Gasteiger partial charge in [-0.05, 0) is 6.07 Å². The number of hydrogen-bond donors (Lipinski definition) is 2. The minimum absolute atomic E-state index is 0.466. The van der Waals surface area contributed by atoms with E-state index in [1.807, 2.05) is 0 Å². The Morgan fingerprint density at radius 1 is 1.21 bits per heavy atom. The fraction of sp³-hybridized carbons (Fsp3) is 0.364. The van der Waals surface area contributed by atoms with E-state index in [1.165, 1.54) is 0 Å². The normalized spacial score (nSPS) is 10.5. The fourth-order valence-electron chi connectivity index (χ4n) is 1.50. The molecule has 102 valence electrons. The standard InChI is InChI=1S/C11H13Cl2N5O/c1-6-16-9(18-19-6)3-4-15-11-8(13)5-7(12)10(14-2)17-11/h5H,3-4H2,1-2H3,(H2,14,15,17). The maximum absolute atomic E-state index is 6.06. The first-order valence-corrected chi connectivity index (χ1v) is 6.42. The largest absolute Gasteiger partial charge is 0.372 e. The van der Waals surface area contributed by atoms with Crippen molar-refractivity contribution in [3.8, 4) is 0 Å². The molecule has 0 fully saturated rings. The molecule has 0 unspecified atom stereocenters. The second-order valence-corrected chi connectivity index (χ2v) is 4.62. The van der Waals surface area contributed by atoms with Crippen LogP contribution in [-0.4, -0.2) is 28.7 Å². The first kappa shape index (κ1) is 13.9. The maximum atomic E-state index is 6.06. The molecule has 2 rings (SSSR count). The zero-order valence-electron chi connectivity index (χ0n) is 10.5. The molecular formula is C11H13Cl2N5O. The second kappa shape index (κ2) is 6.08. The number of pyridine rings is 1. The Morgan fingerprint density at radius 2 is 1.95 bits per heavy atom. The van der Waals surface area contributed by atoms with Gasteiger partial charge in [-0.1, -0.05) is 28.4 Å². The van der Waals surface area contributed by atoms with Crippen molar-refractivity contribution in [2.75, 3.05) is 24.2 Å². The summed E-state index contributed by atoms with van der Waals surface area (Å²) in [4.78, 5) is 8.38. The molecule has 6 nitrogen and oxygen atoms in total. The van der Waals surface area contributed by atoms with E-state index in [0.717, 1.165) is 0 Å². The lowest BCUT2D eigenvalue weighted by molar-refractivity contribution is 0.387. The highest BCUT2D eigenvalue weighted by Crippen LogP contribution is 2.28. The number of nitrogens with one attached hydrogen (secondary N) is 2. The molecule has 2 heterocycles. The van der Waals surface area contributed by atoms with Crippen LogP contribution in [0.5, 0.6) is 0 Å². The molecule has 2 N–H and O–H groups in total. The summed E-state index contributed by atoms with van der Waals surface area (Å²) < 4.78 is 4.89. The van der Waals surface area contributed by atoms with Crippen molar-refractivity contribution < 1.29 is 4.52 Å². The van der Waals surface area contributed by atoms with E-state index >= 15 is 0 Å². The smallest absolute Gasteiger partial charge is 0.223 e. The van der Waals surface area contributed by atoms with Crippen LogP contribution in [0.1, 0.15) is 11.7 Å². The Labute approximate surface area is 120 Å². The zero-order valence-corrected chi connectivity index (χ0v) is 12.0. The van der Waals surface area contributed by atoms with Gasteiger partial charge in [-0.3, -0.25) is 0 Å². The predicted octanol–water partition coefficient (Wildman–Crippen LogP) is 2.78. The molecule has 2 aromatic rings. The zero-order chi connectivity index (χ0) is 13.8. The first-order chi connectivity index (χ1) is 9.10. The van der Waals surface area contributed by atoms with Crippen molar-refractivity contribution in [3.63, 3.8) is 0 Å². The molecule has 0 atom stereocenters. The van der Waals surface area contributed by atoms with Crippen LogP contribution in [0, 0.1) is 6.92 Å². The van der Waals surface area contributed by atoms with Gasteiger partial charge in [0, 0.05) is 26.9 Å². The Balaban J connectivity index is 1.99. The molecule has 8 heteroatoms. The average Bonchev–Trinajstić information content (AvgIpc) is 2.78. The molecule has 0 amide bonds. The molecule has 0 saturated carbocycles. The lowest BCUT2D eigenvalue weighted by Gasteiger charge is -2.09. The van der Waals surface area contributed by atoms with Gasteiger partial charge in [-0.2, -0.15) is 4.98 Å². The minimum atomic E-state index is 0.466. The fourth-order valence-corrected chi connectivity index (χ4v) is 2.02. The summed E-state index contributed by atoms with van der Waals surface area (Å²) in [5, 5.41) is 10.8. The molecule has 0 aliphatic rings. The third kappa shape index (κ3) is 3.48. The predicted molar refractivity (Wildman–Crippen MR) is 75.0 cm³/mol. The molecule has 0 aliphatic carbocycles. The molecule has 19 heavy (non-hydrogen) atoms. The lowest BCUT2D eigenvalue weighted by Crippen LogP contribution is -2.09. The van der Waals surface area contributed by atoms with Crippen molar-refractivity contribution in [1.29, 1.82) is 0 Å². The second-order valence-electron chi connectivity index (χ2n) is 3.81. The van der Waals surface area contributed by atoms with Gasteiger partial charge in [0.25, 0.3) is 0 Å². The Morgan fingerprint density at radius 3 is 2.58 bits per heavy atom. The highest BCUT2D eigenvalue weighted by Gasteiger charge is 2.08. The van der Waals surface area contributed by atoms with Crippen LogP contribution >= 0.6 is 23.2 Å². The van der Waals surface area contributed by atoms with Gasteiger partial charge < -0.3 is 15.2 Å². The van der Waals surface area contributed by atoms with Crippen molar-refractivity contribution in [1.82, 2.24) is 15.1 Å². The molecular weight excluding hydrogens is 289 g/mol. The van der Waals surface area contributed by atoms with Gasteiger partial charge in [0.15, 0.2) is 5.82 Å². The van der Waals surface area contributed by atoms with Crippen LogP contribution in [-0.2, 0) is 6.42 Å². The molecule has 0 spiro atoms. The van der Waals surface area contributed by atoms with E-state index in [-0.39, 0.29) is 0 Å². The van der Waals surface area contributed by atoms with E-state index in [9.17, 15) is 0 Å². The summed E-state index contributed by atoms with van der Waals surface area (Å²) >= 11 is 12.0. The lowest BCUT2D eigenvalue weighted by atomic mass is 10.4. The minimum Gasteiger partial charge on any atom is -0.372 e. The molecule has 0 bridgehead atoms.